The molecule has 0 spiro atoms. The van der Waals surface area contributed by atoms with Crippen LogP contribution in [-0.4, -0.2) is 28.2 Å². The average Bonchev–Trinajstić information content (AvgIpc) is 3.37. The quantitative estimate of drug-likeness (QED) is 0.490. The van der Waals surface area contributed by atoms with Gasteiger partial charge in [0.25, 0.3) is 0 Å². The van der Waals surface area contributed by atoms with Crippen LogP contribution >= 0.6 is 11.3 Å². The normalized spacial score (nSPS) is 12.3. The number of hydrogen-bond donors (Lipinski definition) is 1. The summed E-state index contributed by atoms with van der Waals surface area (Å²) >= 11 is 1.43. The minimum atomic E-state index is -4.74. The monoisotopic (exact) mass is 465 g/mol. The third-order valence-electron chi connectivity index (χ3n) is 4.49. The lowest BCUT2D eigenvalue weighted by molar-refractivity contribution is -0.141. The molecule has 0 amide bonds. The summed E-state index contributed by atoms with van der Waals surface area (Å²) in [6.07, 6.45) is -3.49. The Hall–Kier alpha value is -3.09. The molecule has 0 bridgehead atoms. The van der Waals surface area contributed by atoms with Gasteiger partial charge in [-0.3, -0.25) is 0 Å². The predicted molar refractivity (Wildman–Crippen MR) is 109 cm³/mol. The van der Waals surface area contributed by atoms with Gasteiger partial charge in [0, 0.05) is 22.7 Å². The van der Waals surface area contributed by atoms with Crippen LogP contribution in [0.15, 0.2) is 58.4 Å². The standard InChI is InChI=1S/C19H14F3N5O2S2/c1-11-7-12(4-5-13(11)14-9-30-10-25-14)15-8-17(19(20,21)22)26-27(15)18-16(31(23,28)29)3-2-6-24-18/h2-10H,1H3,(H2,23,28,29). The summed E-state index contributed by atoms with van der Waals surface area (Å²) in [6, 6.07) is 8.37. The van der Waals surface area contributed by atoms with E-state index in [9.17, 15) is 21.6 Å². The molecule has 0 aliphatic rings. The van der Waals surface area contributed by atoms with Crippen molar-refractivity contribution in [2.75, 3.05) is 0 Å². The van der Waals surface area contributed by atoms with Crippen molar-refractivity contribution in [3.05, 3.63) is 64.7 Å². The molecule has 0 saturated heterocycles. The van der Waals surface area contributed by atoms with E-state index in [0.29, 0.717) is 5.56 Å². The molecule has 0 unspecified atom stereocenters. The number of nitrogens with two attached hydrogens (primary N) is 1. The number of alkyl halides is 3. The van der Waals surface area contributed by atoms with Gasteiger partial charge in [-0.05, 0) is 36.8 Å². The topological polar surface area (TPSA) is 104 Å². The molecule has 3 heterocycles. The molecule has 31 heavy (non-hydrogen) atoms. The van der Waals surface area contributed by atoms with Crippen LogP contribution in [0.5, 0.6) is 0 Å². The third-order valence-corrected chi connectivity index (χ3v) is 6.01. The van der Waals surface area contributed by atoms with Crippen LogP contribution in [0.25, 0.3) is 28.3 Å². The predicted octanol–water partition coefficient (Wildman–Crippen LogP) is 4.03. The van der Waals surface area contributed by atoms with Crippen LogP contribution in [0.1, 0.15) is 11.3 Å². The number of pyridine rings is 1. The lowest BCUT2D eigenvalue weighted by Crippen LogP contribution is -2.17. The van der Waals surface area contributed by atoms with Crippen molar-refractivity contribution in [2.24, 2.45) is 5.14 Å². The SMILES string of the molecule is Cc1cc(-c2cc(C(F)(F)F)nn2-c2ncccc2S(N)(=O)=O)ccc1-c1cscn1. The minimum Gasteiger partial charge on any atom is -0.245 e. The molecule has 4 rings (SSSR count). The van der Waals surface area contributed by atoms with Gasteiger partial charge in [0.05, 0.1) is 16.9 Å². The van der Waals surface area contributed by atoms with Crippen LogP contribution in [0.3, 0.4) is 0 Å². The van der Waals surface area contributed by atoms with Gasteiger partial charge in [-0.25, -0.2) is 28.2 Å². The van der Waals surface area contributed by atoms with Gasteiger partial charge >= 0.3 is 6.18 Å². The molecule has 3 aromatic heterocycles. The largest absolute Gasteiger partial charge is 0.435 e. The summed E-state index contributed by atoms with van der Waals surface area (Å²) in [4.78, 5) is 7.75. The van der Waals surface area contributed by atoms with E-state index in [-0.39, 0.29) is 11.5 Å². The Balaban J connectivity index is 1.94. The molecule has 0 atom stereocenters. The molecule has 0 aliphatic carbocycles. The molecule has 7 nitrogen and oxygen atoms in total. The van der Waals surface area contributed by atoms with Gasteiger partial charge < -0.3 is 0 Å². The summed E-state index contributed by atoms with van der Waals surface area (Å²) in [5.41, 5.74) is 3.26. The summed E-state index contributed by atoms with van der Waals surface area (Å²) in [6.45, 7) is 1.81. The van der Waals surface area contributed by atoms with Crippen molar-refractivity contribution in [2.45, 2.75) is 18.0 Å². The highest BCUT2D eigenvalue weighted by molar-refractivity contribution is 7.89. The first-order valence-electron chi connectivity index (χ1n) is 8.71. The van der Waals surface area contributed by atoms with Gasteiger partial charge in [-0.2, -0.15) is 18.3 Å². The van der Waals surface area contributed by atoms with E-state index >= 15 is 0 Å². The number of benzene rings is 1. The van der Waals surface area contributed by atoms with E-state index in [2.05, 4.69) is 15.1 Å². The maximum atomic E-state index is 13.4. The highest BCUT2D eigenvalue weighted by atomic mass is 32.2. The van der Waals surface area contributed by atoms with Crippen LogP contribution in [0.4, 0.5) is 13.2 Å². The summed E-state index contributed by atoms with van der Waals surface area (Å²) in [5.74, 6) is -0.322. The zero-order valence-corrected chi connectivity index (χ0v) is 17.5. The first-order chi connectivity index (χ1) is 14.6. The van der Waals surface area contributed by atoms with Crippen molar-refractivity contribution >= 4 is 21.4 Å². The molecule has 0 aliphatic heterocycles. The second-order valence-electron chi connectivity index (χ2n) is 6.60. The van der Waals surface area contributed by atoms with Gasteiger partial charge in [0.2, 0.25) is 10.0 Å². The number of aromatic nitrogens is 4. The first-order valence-corrected chi connectivity index (χ1v) is 11.2. The maximum Gasteiger partial charge on any atom is 0.435 e. The van der Waals surface area contributed by atoms with E-state index in [1.54, 1.807) is 30.6 Å². The van der Waals surface area contributed by atoms with Crippen molar-refractivity contribution < 1.29 is 21.6 Å². The fraction of sp³-hybridized carbons (Fsp3) is 0.105. The highest BCUT2D eigenvalue weighted by Crippen LogP contribution is 2.35. The van der Waals surface area contributed by atoms with Gasteiger partial charge in [-0.15, -0.1) is 11.3 Å². The third kappa shape index (κ3) is 4.09. The van der Waals surface area contributed by atoms with Crippen LogP contribution in [-0.2, 0) is 16.2 Å². The van der Waals surface area contributed by atoms with Crippen molar-refractivity contribution in [3.8, 4) is 28.3 Å². The zero-order chi connectivity index (χ0) is 22.4. The van der Waals surface area contributed by atoms with E-state index < -0.39 is 26.8 Å². The second kappa shape index (κ2) is 7.55. The number of primary sulfonamides is 1. The molecule has 1 aromatic carbocycles. The molecule has 12 heteroatoms. The Labute approximate surface area is 179 Å². The first kappa shape index (κ1) is 21.2. The number of halogens is 3. The fourth-order valence-corrected chi connectivity index (χ4v) is 4.32. The fourth-order valence-electron chi connectivity index (χ4n) is 3.11. The number of thiazole rings is 1. The van der Waals surface area contributed by atoms with Crippen molar-refractivity contribution in [3.63, 3.8) is 0 Å². The Morgan fingerprint density at radius 3 is 2.52 bits per heavy atom. The summed E-state index contributed by atoms with van der Waals surface area (Å²) in [7, 11) is -4.26. The Kier molecular flexibility index (Phi) is 5.15. The maximum absolute atomic E-state index is 13.4. The number of nitrogens with zero attached hydrogens (tertiary/aromatic N) is 4. The van der Waals surface area contributed by atoms with E-state index in [4.69, 9.17) is 5.14 Å². The number of rotatable bonds is 4. The average molecular weight is 465 g/mol. The number of sulfonamides is 1. The molecular weight excluding hydrogens is 451 g/mol. The molecular formula is C19H14F3N5O2S2. The molecule has 160 valence electrons. The van der Waals surface area contributed by atoms with Crippen LogP contribution < -0.4 is 5.14 Å². The van der Waals surface area contributed by atoms with Crippen LogP contribution in [0, 0.1) is 6.92 Å². The van der Waals surface area contributed by atoms with Gasteiger partial charge in [-0.1, -0.05) is 12.1 Å². The van der Waals surface area contributed by atoms with E-state index in [0.717, 1.165) is 33.6 Å². The summed E-state index contributed by atoms with van der Waals surface area (Å²) in [5, 5.41) is 10.7. The Morgan fingerprint density at radius 1 is 1.13 bits per heavy atom. The van der Waals surface area contributed by atoms with Gasteiger partial charge in [0.15, 0.2) is 11.5 Å². The van der Waals surface area contributed by atoms with Gasteiger partial charge in [0.1, 0.15) is 4.90 Å². The molecule has 2 N–H and O–H groups in total. The molecule has 0 saturated carbocycles. The molecule has 0 fully saturated rings. The van der Waals surface area contributed by atoms with E-state index in [1.807, 2.05) is 5.38 Å². The Bertz CT molecular complexity index is 1360. The summed E-state index contributed by atoms with van der Waals surface area (Å²) < 4.78 is 65.1. The number of hydrogen-bond acceptors (Lipinski definition) is 6. The number of aryl methyl sites for hydroxylation is 1. The second-order valence-corrected chi connectivity index (χ2v) is 8.85. The smallest absolute Gasteiger partial charge is 0.245 e. The lowest BCUT2D eigenvalue weighted by atomic mass is 10.0. The van der Waals surface area contributed by atoms with Crippen LogP contribution in [0.2, 0.25) is 0 Å². The van der Waals surface area contributed by atoms with Crippen molar-refractivity contribution in [1.82, 2.24) is 19.7 Å². The van der Waals surface area contributed by atoms with Crippen molar-refractivity contribution in [1.29, 1.82) is 0 Å². The molecule has 4 aromatic rings. The molecule has 0 radical (unpaired) electrons. The highest BCUT2D eigenvalue weighted by Gasteiger charge is 2.36. The zero-order valence-electron chi connectivity index (χ0n) is 15.8. The van der Waals surface area contributed by atoms with E-state index in [1.165, 1.54) is 23.6 Å². The minimum absolute atomic E-state index is 0.0175. The Morgan fingerprint density at radius 2 is 1.90 bits per heavy atom. The lowest BCUT2D eigenvalue weighted by Gasteiger charge is -2.11.